The minimum atomic E-state index is -0.514. The van der Waals surface area contributed by atoms with Gasteiger partial charge < -0.3 is 9.47 Å². The molecular formula is C10H19O2Si. The van der Waals surface area contributed by atoms with Crippen LogP contribution in [-0.2, 0) is 9.47 Å². The van der Waals surface area contributed by atoms with E-state index in [0.717, 1.165) is 0 Å². The molecule has 13 heavy (non-hydrogen) atoms. The zero-order valence-electron chi connectivity index (χ0n) is 8.64. The minimum Gasteiger partial charge on any atom is -0.355 e. The highest BCUT2D eigenvalue weighted by atomic mass is 28.1. The molecule has 2 nitrogen and oxygen atoms in total. The monoisotopic (exact) mass is 199 g/mol. The molecule has 3 radical (unpaired) electrons. The summed E-state index contributed by atoms with van der Waals surface area (Å²) in [6.07, 6.45) is 5.03. The summed E-state index contributed by atoms with van der Waals surface area (Å²) < 4.78 is 11.3. The number of hydrogen-bond donors (Lipinski definition) is 0. The maximum atomic E-state index is 5.65. The Kier molecular flexibility index (Phi) is 4.42. The Hall–Kier alpha value is 0.137. The standard InChI is InChI=1S/C10H19O2Si/c1-3-11-10(13,12-4-2)9-7-5-6-8-9/h9H,3-8H2,1-2H3. The van der Waals surface area contributed by atoms with Gasteiger partial charge in [-0.25, -0.2) is 0 Å². The molecule has 0 amide bonds. The van der Waals surface area contributed by atoms with Crippen molar-refractivity contribution in [3.8, 4) is 0 Å². The Morgan fingerprint density at radius 1 is 1.15 bits per heavy atom. The highest BCUT2D eigenvalue weighted by Gasteiger charge is 2.37. The van der Waals surface area contributed by atoms with Crippen LogP contribution in [-0.4, -0.2) is 28.9 Å². The van der Waals surface area contributed by atoms with Crippen molar-refractivity contribution in [2.24, 2.45) is 5.92 Å². The van der Waals surface area contributed by atoms with Crippen molar-refractivity contribution >= 4 is 10.2 Å². The average Bonchev–Trinajstić information content (AvgIpc) is 2.57. The molecule has 1 aliphatic rings. The third-order valence-corrected chi connectivity index (χ3v) is 3.31. The van der Waals surface area contributed by atoms with Crippen molar-refractivity contribution in [3.05, 3.63) is 0 Å². The zero-order valence-corrected chi connectivity index (χ0v) is 9.64. The molecule has 0 aromatic heterocycles. The van der Waals surface area contributed by atoms with Crippen LogP contribution in [0.15, 0.2) is 0 Å². The summed E-state index contributed by atoms with van der Waals surface area (Å²) in [6.45, 7) is 5.39. The van der Waals surface area contributed by atoms with E-state index in [9.17, 15) is 0 Å². The molecule has 0 saturated heterocycles. The van der Waals surface area contributed by atoms with Gasteiger partial charge in [0.2, 0.25) is 0 Å². The molecule has 1 fully saturated rings. The Labute approximate surface area is 84.4 Å². The van der Waals surface area contributed by atoms with Crippen molar-refractivity contribution in [1.29, 1.82) is 0 Å². The number of hydrogen-bond acceptors (Lipinski definition) is 2. The molecule has 3 heteroatoms. The SMILES string of the molecule is CCOC([Si])(OCC)C1CCCC1. The molecule has 0 aliphatic heterocycles. The van der Waals surface area contributed by atoms with Gasteiger partial charge in [0.15, 0.2) is 0 Å². The highest BCUT2D eigenvalue weighted by molar-refractivity contribution is 6.13. The molecule has 1 rings (SSSR count). The van der Waals surface area contributed by atoms with E-state index in [2.05, 4.69) is 10.2 Å². The Bertz CT molecular complexity index is 138. The minimum absolute atomic E-state index is 0.514. The summed E-state index contributed by atoms with van der Waals surface area (Å²) in [6, 6.07) is 0. The van der Waals surface area contributed by atoms with Gasteiger partial charge in [-0.3, -0.25) is 0 Å². The number of ether oxygens (including phenoxy) is 2. The lowest BCUT2D eigenvalue weighted by atomic mass is 10.1. The second-order valence-electron chi connectivity index (χ2n) is 3.51. The summed E-state index contributed by atoms with van der Waals surface area (Å²) in [5.74, 6) is 0.518. The van der Waals surface area contributed by atoms with Crippen LogP contribution in [0.4, 0.5) is 0 Å². The summed E-state index contributed by atoms with van der Waals surface area (Å²) >= 11 is 0. The normalized spacial score (nSPS) is 19.6. The van der Waals surface area contributed by atoms with E-state index in [1.54, 1.807) is 0 Å². The van der Waals surface area contributed by atoms with Gasteiger partial charge >= 0.3 is 0 Å². The van der Waals surface area contributed by atoms with Crippen LogP contribution >= 0.6 is 0 Å². The molecular weight excluding hydrogens is 180 g/mol. The quantitative estimate of drug-likeness (QED) is 0.498. The molecule has 0 heterocycles. The second-order valence-corrected chi connectivity index (χ2v) is 4.21. The summed E-state index contributed by atoms with van der Waals surface area (Å²) in [5.41, 5.74) is -0.514. The molecule has 0 atom stereocenters. The van der Waals surface area contributed by atoms with Crippen LogP contribution in [0.5, 0.6) is 0 Å². The Morgan fingerprint density at radius 3 is 2.00 bits per heavy atom. The lowest BCUT2D eigenvalue weighted by molar-refractivity contribution is -0.203. The van der Waals surface area contributed by atoms with Gasteiger partial charge in [0.05, 0.1) is 0 Å². The summed E-state index contributed by atoms with van der Waals surface area (Å²) in [4.78, 5) is 0. The van der Waals surface area contributed by atoms with E-state index in [4.69, 9.17) is 9.47 Å². The first kappa shape index (κ1) is 11.2. The third kappa shape index (κ3) is 2.79. The topological polar surface area (TPSA) is 18.5 Å². The fraction of sp³-hybridized carbons (Fsp3) is 1.00. The third-order valence-electron chi connectivity index (χ3n) is 2.61. The van der Waals surface area contributed by atoms with E-state index >= 15 is 0 Å². The molecule has 75 valence electrons. The Balaban J connectivity index is 2.52. The Morgan fingerprint density at radius 2 is 1.62 bits per heavy atom. The van der Waals surface area contributed by atoms with Crippen LogP contribution in [0.2, 0.25) is 0 Å². The molecule has 0 aromatic rings. The maximum absolute atomic E-state index is 5.65. The molecule has 1 aliphatic carbocycles. The van der Waals surface area contributed by atoms with Crippen molar-refractivity contribution < 1.29 is 9.47 Å². The second kappa shape index (κ2) is 5.13. The predicted octanol–water partition coefficient (Wildman–Crippen LogP) is 2.07. The highest BCUT2D eigenvalue weighted by Crippen LogP contribution is 2.35. The van der Waals surface area contributed by atoms with Gasteiger partial charge in [-0.2, -0.15) is 0 Å². The van der Waals surface area contributed by atoms with Gasteiger partial charge in [0.1, 0.15) is 15.7 Å². The van der Waals surface area contributed by atoms with E-state index in [1.807, 2.05) is 13.8 Å². The molecule has 0 N–H and O–H groups in total. The van der Waals surface area contributed by atoms with Crippen LogP contribution < -0.4 is 0 Å². The first-order chi connectivity index (χ1) is 6.23. The summed E-state index contributed by atoms with van der Waals surface area (Å²) in [5, 5.41) is 0. The van der Waals surface area contributed by atoms with Crippen molar-refractivity contribution in [3.63, 3.8) is 0 Å². The molecule has 1 saturated carbocycles. The van der Waals surface area contributed by atoms with Crippen molar-refractivity contribution in [2.45, 2.75) is 44.9 Å². The van der Waals surface area contributed by atoms with E-state index < -0.39 is 5.41 Å². The molecule has 0 spiro atoms. The van der Waals surface area contributed by atoms with E-state index in [0.29, 0.717) is 19.1 Å². The molecule has 0 unspecified atom stereocenters. The maximum Gasteiger partial charge on any atom is 0.147 e. The smallest absolute Gasteiger partial charge is 0.147 e. The van der Waals surface area contributed by atoms with Crippen molar-refractivity contribution in [2.75, 3.05) is 13.2 Å². The number of rotatable bonds is 5. The van der Waals surface area contributed by atoms with Crippen molar-refractivity contribution in [1.82, 2.24) is 0 Å². The van der Waals surface area contributed by atoms with Crippen LogP contribution in [0.3, 0.4) is 0 Å². The van der Waals surface area contributed by atoms with Gasteiger partial charge in [-0.05, 0) is 26.7 Å². The van der Waals surface area contributed by atoms with Crippen LogP contribution in [0.25, 0.3) is 0 Å². The fourth-order valence-electron chi connectivity index (χ4n) is 2.01. The van der Waals surface area contributed by atoms with Gasteiger partial charge in [-0.15, -0.1) is 0 Å². The van der Waals surface area contributed by atoms with Gasteiger partial charge in [0, 0.05) is 19.1 Å². The first-order valence-electron chi connectivity index (χ1n) is 5.25. The zero-order chi connectivity index (χ0) is 9.73. The predicted molar refractivity (Wildman–Crippen MR) is 53.7 cm³/mol. The van der Waals surface area contributed by atoms with Crippen LogP contribution in [0, 0.1) is 5.92 Å². The van der Waals surface area contributed by atoms with E-state index in [-0.39, 0.29) is 0 Å². The van der Waals surface area contributed by atoms with E-state index in [1.165, 1.54) is 25.7 Å². The van der Waals surface area contributed by atoms with Crippen LogP contribution in [0.1, 0.15) is 39.5 Å². The largest absolute Gasteiger partial charge is 0.355 e. The lowest BCUT2D eigenvalue weighted by Crippen LogP contribution is -2.43. The first-order valence-corrected chi connectivity index (χ1v) is 5.75. The van der Waals surface area contributed by atoms with Gasteiger partial charge in [0.25, 0.3) is 0 Å². The average molecular weight is 199 g/mol. The lowest BCUT2D eigenvalue weighted by Gasteiger charge is -2.35. The summed E-state index contributed by atoms with van der Waals surface area (Å²) in [7, 11) is 3.64. The van der Waals surface area contributed by atoms with Gasteiger partial charge in [-0.1, -0.05) is 12.8 Å². The molecule has 0 bridgehead atoms. The molecule has 0 aromatic carbocycles. The fourth-order valence-corrected chi connectivity index (χ4v) is 2.59.